The first-order valence-electron chi connectivity index (χ1n) is 6.95. The van der Waals surface area contributed by atoms with Gasteiger partial charge in [0.05, 0.1) is 22.4 Å². The van der Waals surface area contributed by atoms with E-state index in [-0.39, 0.29) is 6.04 Å². The quantitative estimate of drug-likeness (QED) is 0.787. The number of nitrogens with zero attached hydrogens (tertiary/aromatic N) is 3. The van der Waals surface area contributed by atoms with E-state index in [4.69, 9.17) is 0 Å². The van der Waals surface area contributed by atoms with Gasteiger partial charge in [0, 0.05) is 23.7 Å². The van der Waals surface area contributed by atoms with Crippen molar-refractivity contribution in [1.29, 1.82) is 0 Å². The molecule has 1 N–H and O–H groups in total. The average Bonchev–Trinajstić information content (AvgIpc) is 3.14. The third-order valence-electron chi connectivity index (χ3n) is 3.42. The Hall–Kier alpha value is -1.98. The van der Waals surface area contributed by atoms with Crippen LogP contribution in [0.5, 0.6) is 0 Å². The highest BCUT2D eigenvalue weighted by atomic mass is 32.1. The molecule has 0 aliphatic heterocycles. The normalized spacial score (nSPS) is 12.5. The van der Waals surface area contributed by atoms with Crippen LogP contribution in [-0.4, -0.2) is 21.8 Å². The number of aryl methyl sites for hydroxylation is 1. The summed E-state index contributed by atoms with van der Waals surface area (Å²) < 4.78 is 1.99. The molecule has 4 nitrogen and oxygen atoms in total. The smallest absolute Gasteiger partial charge is 0.0947 e. The van der Waals surface area contributed by atoms with Crippen molar-refractivity contribution < 1.29 is 0 Å². The van der Waals surface area contributed by atoms with E-state index in [1.165, 1.54) is 0 Å². The second kappa shape index (κ2) is 6.20. The maximum absolute atomic E-state index is 4.56. The van der Waals surface area contributed by atoms with E-state index in [9.17, 15) is 0 Å². The number of likely N-dealkylation sites (N-methyl/N-ethyl adjacent to an activating group) is 1. The maximum atomic E-state index is 4.56. The summed E-state index contributed by atoms with van der Waals surface area (Å²) in [7, 11) is 1.98. The van der Waals surface area contributed by atoms with Crippen LogP contribution in [0.25, 0.3) is 5.69 Å². The molecule has 2 heterocycles. The highest BCUT2D eigenvalue weighted by Gasteiger charge is 2.17. The minimum absolute atomic E-state index is 0.193. The summed E-state index contributed by atoms with van der Waals surface area (Å²) in [4.78, 5) is 4.56. The lowest BCUT2D eigenvalue weighted by Crippen LogP contribution is -2.22. The first-order valence-corrected chi connectivity index (χ1v) is 7.83. The number of aromatic nitrogens is 3. The summed E-state index contributed by atoms with van der Waals surface area (Å²) in [6.07, 6.45) is 2.72. The van der Waals surface area contributed by atoms with Crippen molar-refractivity contribution >= 4 is 11.3 Å². The van der Waals surface area contributed by atoms with Gasteiger partial charge in [0.25, 0.3) is 0 Å². The highest BCUT2D eigenvalue weighted by molar-refractivity contribution is 7.09. The molecule has 5 heteroatoms. The molecule has 0 fully saturated rings. The summed E-state index contributed by atoms with van der Waals surface area (Å²) in [5.74, 6) is 0. The summed E-state index contributed by atoms with van der Waals surface area (Å²) >= 11 is 1.71. The van der Waals surface area contributed by atoms with Crippen LogP contribution >= 0.6 is 11.3 Å². The van der Waals surface area contributed by atoms with Crippen molar-refractivity contribution in [2.75, 3.05) is 7.05 Å². The van der Waals surface area contributed by atoms with Gasteiger partial charge in [-0.2, -0.15) is 5.10 Å². The molecule has 0 aliphatic carbocycles. The molecule has 1 aromatic carbocycles. The highest BCUT2D eigenvalue weighted by Crippen LogP contribution is 2.22. The topological polar surface area (TPSA) is 42.7 Å². The molecular formula is C16H18N4S. The van der Waals surface area contributed by atoms with Crippen LogP contribution in [0, 0.1) is 6.92 Å². The summed E-state index contributed by atoms with van der Waals surface area (Å²) in [5, 5.41) is 11.1. The monoisotopic (exact) mass is 298 g/mol. The van der Waals surface area contributed by atoms with Crippen LogP contribution in [0.3, 0.4) is 0 Å². The Balaban J connectivity index is 1.90. The van der Waals surface area contributed by atoms with E-state index in [1.54, 1.807) is 11.3 Å². The first-order chi connectivity index (χ1) is 10.3. The Kier molecular flexibility index (Phi) is 4.13. The van der Waals surface area contributed by atoms with Gasteiger partial charge in [-0.1, -0.05) is 18.2 Å². The van der Waals surface area contributed by atoms with Crippen molar-refractivity contribution in [3.05, 3.63) is 64.4 Å². The molecule has 1 atom stereocenters. The third-order valence-corrected chi connectivity index (χ3v) is 4.41. The van der Waals surface area contributed by atoms with Crippen LogP contribution in [0.1, 0.15) is 22.4 Å². The van der Waals surface area contributed by atoms with Crippen LogP contribution in [0.15, 0.2) is 48.0 Å². The molecule has 108 valence electrons. The van der Waals surface area contributed by atoms with E-state index in [0.717, 1.165) is 28.5 Å². The van der Waals surface area contributed by atoms with Crippen molar-refractivity contribution in [3.8, 4) is 5.69 Å². The molecule has 0 saturated carbocycles. The van der Waals surface area contributed by atoms with Gasteiger partial charge in [-0.3, -0.25) is 0 Å². The number of thiazole rings is 1. The number of hydrogen-bond acceptors (Lipinski definition) is 4. The predicted octanol–water partition coefficient (Wildman–Crippen LogP) is 3.14. The maximum Gasteiger partial charge on any atom is 0.0947 e. The van der Waals surface area contributed by atoms with Gasteiger partial charge in [0.15, 0.2) is 0 Å². The minimum atomic E-state index is 0.193. The molecule has 3 rings (SSSR count). The Morgan fingerprint density at radius 2 is 2.05 bits per heavy atom. The van der Waals surface area contributed by atoms with Gasteiger partial charge in [-0.05, 0) is 32.2 Å². The number of hydrogen-bond donors (Lipinski definition) is 1. The average molecular weight is 298 g/mol. The zero-order chi connectivity index (χ0) is 14.7. The number of para-hydroxylation sites is 1. The molecule has 3 aromatic rings. The molecule has 0 spiro atoms. The van der Waals surface area contributed by atoms with Crippen molar-refractivity contribution in [3.63, 3.8) is 0 Å². The molecule has 0 bridgehead atoms. The van der Waals surface area contributed by atoms with Gasteiger partial charge in [-0.15, -0.1) is 11.3 Å². The SMILES string of the molecule is CNC(Cc1nc(C)cs1)c1ccnn1-c1ccccc1. The zero-order valence-corrected chi connectivity index (χ0v) is 13.0. The zero-order valence-electron chi connectivity index (χ0n) is 12.2. The number of rotatable bonds is 5. The van der Waals surface area contributed by atoms with Gasteiger partial charge >= 0.3 is 0 Å². The van der Waals surface area contributed by atoms with Gasteiger partial charge in [-0.25, -0.2) is 9.67 Å². The fraction of sp³-hybridized carbons (Fsp3) is 0.250. The number of nitrogens with one attached hydrogen (secondary N) is 1. The summed E-state index contributed by atoms with van der Waals surface area (Å²) in [5.41, 5.74) is 3.31. The standard InChI is InChI=1S/C16H18N4S/c1-12-11-21-16(19-12)10-14(17-2)15-8-9-18-20(15)13-6-4-3-5-7-13/h3-9,11,14,17H,10H2,1-2H3. The fourth-order valence-electron chi connectivity index (χ4n) is 2.39. The predicted molar refractivity (Wildman–Crippen MR) is 85.9 cm³/mol. The van der Waals surface area contributed by atoms with Gasteiger partial charge in [0.1, 0.15) is 0 Å². The van der Waals surface area contributed by atoms with Crippen molar-refractivity contribution in [1.82, 2.24) is 20.1 Å². The molecule has 1 unspecified atom stereocenters. The lowest BCUT2D eigenvalue weighted by molar-refractivity contribution is 0.554. The molecular weight excluding hydrogens is 280 g/mol. The lowest BCUT2D eigenvalue weighted by Gasteiger charge is -2.17. The fourth-order valence-corrected chi connectivity index (χ4v) is 3.21. The van der Waals surface area contributed by atoms with Crippen LogP contribution in [0.4, 0.5) is 0 Å². The second-order valence-corrected chi connectivity index (χ2v) is 5.87. The summed E-state index contributed by atoms with van der Waals surface area (Å²) in [6, 6.07) is 12.5. The second-order valence-electron chi connectivity index (χ2n) is 4.93. The Bertz CT molecular complexity index is 702. The largest absolute Gasteiger partial charge is 0.311 e. The Labute approximate surface area is 128 Å². The van der Waals surface area contributed by atoms with E-state index >= 15 is 0 Å². The van der Waals surface area contributed by atoms with Gasteiger partial charge in [0.2, 0.25) is 0 Å². The van der Waals surface area contributed by atoms with E-state index < -0.39 is 0 Å². The van der Waals surface area contributed by atoms with E-state index in [2.05, 4.69) is 39.0 Å². The molecule has 0 aliphatic rings. The van der Waals surface area contributed by atoms with Crippen LogP contribution in [0.2, 0.25) is 0 Å². The minimum Gasteiger partial charge on any atom is -0.311 e. The van der Waals surface area contributed by atoms with E-state index in [0.29, 0.717) is 0 Å². The van der Waals surface area contributed by atoms with Crippen molar-refractivity contribution in [2.24, 2.45) is 0 Å². The lowest BCUT2D eigenvalue weighted by atomic mass is 10.1. The molecule has 0 radical (unpaired) electrons. The van der Waals surface area contributed by atoms with Gasteiger partial charge < -0.3 is 5.32 Å². The first kappa shape index (κ1) is 14.0. The number of benzene rings is 1. The van der Waals surface area contributed by atoms with Crippen molar-refractivity contribution in [2.45, 2.75) is 19.4 Å². The van der Waals surface area contributed by atoms with E-state index in [1.807, 2.05) is 43.0 Å². The van der Waals surface area contributed by atoms with Crippen LogP contribution < -0.4 is 5.32 Å². The molecule has 0 amide bonds. The summed E-state index contributed by atoms with van der Waals surface area (Å²) in [6.45, 7) is 2.03. The molecule has 21 heavy (non-hydrogen) atoms. The third kappa shape index (κ3) is 3.04. The molecule has 2 aromatic heterocycles. The Morgan fingerprint density at radius 3 is 2.71 bits per heavy atom. The van der Waals surface area contributed by atoms with Crippen LogP contribution in [-0.2, 0) is 6.42 Å². The molecule has 0 saturated heterocycles. The Morgan fingerprint density at radius 1 is 1.24 bits per heavy atom.